The van der Waals surface area contributed by atoms with Gasteiger partial charge >= 0.3 is 0 Å². The third-order valence-corrected chi connectivity index (χ3v) is 6.80. The monoisotopic (exact) mass is 585 g/mol. The number of thiol groups is 1. The van der Waals surface area contributed by atoms with Crippen LogP contribution in [0.25, 0.3) is 10.9 Å². The first-order valence-corrected chi connectivity index (χ1v) is 13.9. The van der Waals surface area contributed by atoms with Gasteiger partial charge < -0.3 is 27.8 Å². The minimum Gasteiger partial charge on any atom is -0.370 e. The molecule has 0 saturated heterocycles. The number of carbonyl (C=O) groups is 5. The third-order valence-electron chi connectivity index (χ3n) is 6.34. The van der Waals surface area contributed by atoms with Crippen LogP contribution in [0.1, 0.15) is 62.7 Å². The van der Waals surface area contributed by atoms with E-state index in [1.54, 1.807) is 24.4 Å². The van der Waals surface area contributed by atoms with Crippen LogP contribution in [0.15, 0.2) is 40.4 Å². The van der Waals surface area contributed by atoms with Crippen molar-refractivity contribution < 1.29 is 24.0 Å². The third kappa shape index (κ3) is 11.2. The van der Waals surface area contributed by atoms with Gasteiger partial charge in [-0.2, -0.15) is 0 Å². The molecular formula is C28H39N7O5S. The molecule has 2 aromatic rings. The summed E-state index contributed by atoms with van der Waals surface area (Å²) < 4.78 is 0. The average Bonchev–Trinajstić information content (AvgIpc) is 2.91. The Morgan fingerprint density at radius 2 is 1.78 bits per heavy atom. The molecule has 0 bridgehead atoms. The van der Waals surface area contributed by atoms with Gasteiger partial charge in [0.25, 0.3) is 5.91 Å². The Bertz CT molecular complexity index is 1290. The van der Waals surface area contributed by atoms with Crippen LogP contribution in [0.4, 0.5) is 0 Å². The molecule has 3 amide bonds. The van der Waals surface area contributed by atoms with Crippen LogP contribution in [0.2, 0.25) is 0 Å². The summed E-state index contributed by atoms with van der Waals surface area (Å²) in [6.45, 7) is 3.82. The highest BCUT2D eigenvalue weighted by Gasteiger charge is 2.27. The lowest BCUT2D eigenvalue weighted by molar-refractivity contribution is -0.131. The molecule has 0 unspecified atom stereocenters. The fraction of sp³-hybridized carbons (Fsp3) is 0.464. The fourth-order valence-corrected chi connectivity index (χ4v) is 4.63. The SMILES string of the molecule is CC(C)C[C@H](CC(=O)[C@H](CCCN=C(N)N)NC(=O)CCC(=O)CNC(=O)c1ccc2cccnc2c1S)C(N)=O. The van der Waals surface area contributed by atoms with E-state index in [1.165, 1.54) is 0 Å². The molecule has 0 fully saturated rings. The van der Waals surface area contributed by atoms with Gasteiger partial charge in [0.05, 0.1) is 23.7 Å². The zero-order chi connectivity index (χ0) is 30.5. The summed E-state index contributed by atoms with van der Waals surface area (Å²) in [4.78, 5) is 71.1. The van der Waals surface area contributed by atoms with Crippen molar-refractivity contribution in [1.29, 1.82) is 0 Å². The quantitative estimate of drug-likeness (QED) is 0.0686. The molecule has 0 aliphatic carbocycles. The van der Waals surface area contributed by atoms with Gasteiger partial charge in [-0.3, -0.25) is 33.9 Å². The van der Waals surface area contributed by atoms with Gasteiger partial charge in [-0.25, -0.2) is 0 Å². The van der Waals surface area contributed by atoms with E-state index in [4.69, 9.17) is 17.2 Å². The van der Waals surface area contributed by atoms with Crippen molar-refractivity contribution in [3.8, 4) is 0 Å². The lowest BCUT2D eigenvalue weighted by atomic mass is 9.89. The summed E-state index contributed by atoms with van der Waals surface area (Å²) in [5.74, 6) is -2.86. The second-order valence-electron chi connectivity index (χ2n) is 10.2. The Morgan fingerprint density at radius 3 is 2.44 bits per heavy atom. The van der Waals surface area contributed by atoms with Gasteiger partial charge in [0.2, 0.25) is 11.8 Å². The van der Waals surface area contributed by atoms with E-state index in [-0.39, 0.29) is 67.8 Å². The normalized spacial score (nSPS) is 12.4. The topological polar surface area (TPSA) is 213 Å². The predicted octanol–water partition coefficient (Wildman–Crippen LogP) is 1.25. The first-order valence-electron chi connectivity index (χ1n) is 13.4. The number of carbonyl (C=O) groups excluding carboxylic acids is 5. The molecule has 0 aliphatic rings. The smallest absolute Gasteiger partial charge is 0.252 e. The maximum atomic E-state index is 13.0. The summed E-state index contributed by atoms with van der Waals surface area (Å²) in [6.07, 6.45) is 2.25. The summed E-state index contributed by atoms with van der Waals surface area (Å²) in [6, 6.07) is 6.08. The first kappa shape index (κ1) is 33.2. The van der Waals surface area contributed by atoms with Crippen molar-refractivity contribution in [1.82, 2.24) is 15.6 Å². The molecular weight excluding hydrogens is 546 g/mol. The van der Waals surface area contributed by atoms with Crippen LogP contribution < -0.4 is 27.8 Å². The molecule has 12 nitrogen and oxygen atoms in total. The molecule has 2 atom stereocenters. The number of rotatable bonds is 17. The second kappa shape index (κ2) is 16.3. The highest BCUT2D eigenvalue weighted by molar-refractivity contribution is 7.80. The molecule has 1 aromatic carbocycles. The highest BCUT2D eigenvalue weighted by atomic mass is 32.1. The average molecular weight is 586 g/mol. The minimum atomic E-state index is -0.893. The largest absolute Gasteiger partial charge is 0.370 e. The number of nitrogens with two attached hydrogens (primary N) is 3. The van der Waals surface area contributed by atoms with Crippen LogP contribution in [0.5, 0.6) is 0 Å². The van der Waals surface area contributed by atoms with Gasteiger partial charge in [0, 0.05) is 48.2 Å². The van der Waals surface area contributed by atoms with E-state index >= 15 is 0 Å². The predicted molar refractivity (Wildman–Crippen MR) is 159 cm³/mol. The highest BCUT2D eigenvalue weighted by Crippen LogP contribution is 2.24. The van der Waals surface area contributed by atoms with Crippen molar-refractivity contribution in [2.45, 2.75) is 63.3 Å². The number of Topliss-reactive ketones (excluding diaryl/α,β-unsaturated/α-hetero) is 2. The number of guanidine groups is 1. The number of primary amides is 1. The first-order chi connectivity index (χ1) is 19.4. The van der Waals surface area contributed by atoms with Crippen LogP contribution >= 0.6 is 12.6 Å². The number of fused-ring (bicyclic) bond motifs is 1. The number of aliphatic imine (C=N–C) groups is 1. The maximum Gasteiger partial charge on any atom is 0.252 e. The molecule has 0 spiro atoms. The maximum absolute atomic E-state index is 13.0. The zero-order valence-electron chi connectivity index (χ0n) is 23.4. The van der Waals surface area contributed by atoms with Gasteiger partial charge in [0.1, 0.15) is 0 Å². The van der Waals surface area contributed by atoms with Crippen molar-refractivity contribution in [2.75, 3.05) is 13.1 Å². The molecule has 13 heteroatoms. The molecule has 0 saturated carbocycles. The van der Waals surface area contributed by atoms with Crippen molar-refractivity contribution in [3.63, 3.8) is 0 Å². The van der Waals surface area contributed by atoms with Gasteiger partial charge in [-0.1, -0.05) is 26.0 Å². The lowest BCUT2D eigenvalue weighted by Crippen LogP contribution is -2.43. The number of hydrogen-bond donors (Lipinski definition) is 6. The lowest BCUT2D eigenvalue weighted by Gasteiger charge is -2.21. The summed E-state index contributed by atoms with van der Waals surface area (Å²) in [5, 5.41) is 6.04. The van der Waals surface area contributed by atoms with Crippen molar-refractivity contribution >= 4 is 58.8 Å². The molecule has 41 heavy (non-hydrogen) atoms. The minimum absolute atomic E-state index is 0.0869. The van der Waals surface area contributed by atoms with Crippen molar-refractivity contribution in [2.24, 2.45) is 34.0 Å². The number of nitrogens with one attached hydrogen (secondary N) is 2. The summed E-state index contributed by atoms with van der Waals surface area (Å²) >= 11 is 4.42. The Labute approximate surface area is 244 Å². The van der Waals surface area contributed by atoms with E-state index in [9.17, 15) is 24.0 Å². The Morgan fingerprint density at radius 1 is 1.05 bits per heavy atom. The van der Waals surface area contributed by atoms with Crippen LogP contribution in [-0.4, -0.2) is 59.4 Å². The summed E-state index contributed by atoms with van der Waals surface area (Å²) in [5.41, 5.74) is 17.0. The van der Waals surface area contributed by atoms with Crippen LogP contribution in [0.3, 0.4) is 0 Å². The molecule has 8 N–H and O–H groups in total. The summed E-state index contributed by atoms with van der Waals surface area (Å²) in [7, 11) is 0. The van der Waals surface area contributed by atoms with Gasteiger partial charge in [-0.15, -0.1) is 12.6 Å². The number of hydrogen-bond acceptors (Lipinski definition) is 8. The van der Waals surface area contributed by atoms with E-state index in [1.807, 2.05) is 19.9 Å². The molecule has 0 aliphatic heterocycles. The second-order valence-corrected chi connectivity index (χ2v) is 10.7. The van der Waals surface area contributed by atoms with E-state index < -0.39 is 29.7 Å². The number of ketones is 2. The molecule has 1 heterocycles. The standard InChI is InChI=1S/C28H39N7O5S/c1-16(2)13-18(26(29)39)14-22(37)21(6-4-12-33-28(30)31)35-23(38)10-8-19(36)15-34-27(40)20-9-7-17-5-3-11-32-24(17)25(20)41/h3,5,7,9,11,16,18,21,41H,4,6,8,10,12-15H2,1-2H3,(H2,29,39)(H,34,40)(H,35,38)(H4,30,31,33)/t18-,21+/m1/s1. The zero-order valence-corrected chi connectivity index (χ0v) is 24.3. The van der Waals surface area contributed by atoms with E-state index in [0.717, 1.165) is 5.39 Å². The van der Waals surface area contributed by atoms with Crippen LogP contribution in [-0.2, 0) is 19.2 Å². The van der Waals surface area contributed by atoms with E-state index in [2.05, 4.69) is 33.2 Å². The number of aromatic nitrogens is 1. The molecule has 2 rings (SSSR count). The van der Waals surface area contributed by atoms with Crippen molar-refractivity contribution in [3.05, 3.63) is 36.0 Å². The Kier molecular flexibility index (Phi) is 13.2. The van der Waals surface area contributed by atoms with Crippen LogP contribution in [0, 0.1) is 11.8 Å². The number of benzene rings is 1. The van der Waals surface area contributed by atoms with Gasteiger partial charge in [-0.05, 0) is 37.3 Å². The fourth-order valence-electron chi connectivity index (χ4n) is 4.27. The number of amides is 3. The Hall–Kier alpha value is -4.00. The number of pyridine rings is 1. The number of nitrogens with zero attached hydrogens (tertiary/aromatic N) is 2. The molecule has 222 valence electrons. The Balaban J connectivity index is 1.93. The van der Waals surface area contributed by atoms with E-state index in [0.29, 0.717) is 23.3 Å². The van der Waals surface area contributed by atoms with Gasteiger partial charge in [0.15, 0.2) is 17.5 Å². The molecule has 1 aromatic heterocycles. The molecule has 0 radical (unpaired) electrons.